The number of hydrogen-bond acceptors (Lipinski definition) is 5. The van der Waals surface area contributed by atoms with Crippen LogP contribution in [0.25, 0.3) is 43.6 Å². The van der Waals surface area contributed by atoms with Gasteiger partial charge in [-0.2, -0.15) is 0 Å². The van der Waals surface area contributed by atoms with E-state index in [9.17, 15) is 19.8 Å². The molecule has 8 heteroatoms. The molecule has 0 unspecified atom stereocenters. The first-order valence-electron chi connectivity index (χ1n) is 12.4. The Labute approximate surface area is 209 Å². The van der Waals surface area contributed by atoms with Crippen molar-refractivity contribution in [3.05, 3.63) is 47.5 Å². The molecule has 0 saturated carbocycles. The van der Waals surface area contributed by atoms with Crippen LogP contribution in [-0.2, 0) is 7.05 Å². The molecule has 5 aromatic rings. The second-order valence-corrected chi connectivity index (χ2v) is 8.00. The molecule has 5 N–H and O–H groups in total. The summed E-state index contributed by atoms with van der Waals surface area (Å²) in [5.74, 6) is 4.78. The van der Waals surface area contributed by atoms with Crippen LogP contribution in [0.1, 0.15) is 68.7 Å². The number of nitrogens with zero attached hydrogens (tertiary/aromatic N) is 2. The summed E-state index contributed by atoms with van der Waals surface area (Å²) >= 11 is 0. The number of benzene rings is 3. The van der Waals surface area contributed by atoms with Crippen LogP contribution in [0.15, 0.2) is 36.4 Å². The highest BCUT2D eigenvalue weighted by Crippen LogP contribution is 2.45. The number of nitrogens with one attached hydrogen (secondary N) is 1. The molecule has 190 valence electrons. The zero-order valence-corrected chi connectivity index (χ0v) is 21.9. The van der Waals surface area contributed by atoms with Crippen molar-refractivity contribution in [2.24, 2.45) is 12.9 Å². The minimum atomic E-state index is -0.583. The van der Waals surface area contributed by atoms with Gasteiger partial charge in [-0.25, -0.2) is 10.9 Å². The number of phenols is 2. The van der Waals surface area contributed by atoms with Gasteiger partial charge in [-0.3, -0.25) is 9.59 Å². The number of H-pyrrole nitrogens is 1. The van der Waals surface area contributed by atoms with E-state index in [1.165, 1.54) is 12.5 Å². The predicted molar refractivity (Wildman–Crippen MR) is 146 cm³/mol. The zero-order chi connectivity index (χ0) is 26.9. The summed E-state index contributed by atoms with van der Waals surface area (Å²) in [4.78, 5) is 29.2. The average molecular weight is 491 g/mol. The Kier molecular flexibility index (Phi) is 7.59. The lowest BCUT2D eigenvalue weighted by atomic mass is 9.96. The smallest absolute Gasteiger partial charge is 0.276 e. The SMILES string of the molecule is CC.CC.CCC.Cn1c2c(O)cccc2c2c3c(c4c5ccc(O)cc5[nH]c4c21)C(=O)N(N)C3=O. The number of nitrogens with two attached hydrogens (primary N) is 1. The van der Waals surface area contributed by atoms with Crippen molar-refractivity contribution >= 4 is 55.4 Å². The molecule has 0 aliphatic carbocycles. The van der Waals surface area contributed by atoms with Crippen LogP contribution >= 0.6 is 0 Å². The van der Waals surface area contributed by atoms with Crippen molar-refractivity contribution in [2.75, 3.05) is 0 Å². The largest absolute Gasteiger partial charge is 0.508 e. The lowest BCUT2D eigenvalue weighted by Gasteiger charge is -2.04. The molecule has 0 bridgehead atoms. The number of fused-ring (bicyclic) bond motifs is 10. The van der Waals surface area contributed by atoms with Gasteiger partial charge in [-0.15, -0.1) is 0 Å². The van der Waals surface area contributed by atoms with Crippen molar-refractivity contribution in [3.63, 3.8) is 0 Å². The van der Waals surface area contributed by atoms with Gasteiger partial charge in [0.05, 0.1) is 33.2 Å². The molecule has 2 aromatic heterocycles. The third-order valence-electron chi connectivity index (χ3n) is 5.83. The molecule has 3 aromatic carbocycles. The molecule has 2 amide bonds. The van der Waals surface area contributed by atoms with Crippen LogP contribution in [-0.4, -0.2) is 36.6 Å². The van der Waals surface area contributed by atoms with Gasteiger partial charge in [0.15, 0.2) is 0 Å². The summed E-state index contributed by atoms with van der Waals surface area (Å²) < 4.78 is 1.80. The van der Waals surface area contributed by atoms with Gasteiger partial charge in [0.2, 0.25) is 0 Å². The maximum Gasteiger partial charge on any atom is 0.276 e. The molecule has 0 spiro atoms. The Balaban J connectivity index is 0.000000473. The van der Waals surface area contributed by atoms with Gasteiger partial charge in [-0.1, -0.05) is 60.1 Å². The Bertz CT molecular complexity index is 1610. The number of carbonyl (C=O) groups excluding carboxylic acids is 2. The number of aryl methyl sites for hydroxylation is 1. The highest BCUT2D eigenvalue weighted by Gasteiger charge is 2.40. The second-order valence-electron chi connectivity index (χ2n) is 8.00. The summed E-state index contributed by atoms with van der Waals surface area (Å²) in [5, 5.41) is 23.5. The van der Waals surface area contributed by atoms with E-state index in [1.54, 1.807) is 41.9 Å². The topological polar surface area (TPSA) is 125 Å². The van der Waals surface area contributed by atoms with E-state index < -0.39 is 11.8 Å². The lowest BCUT2D eigenvalue weighted by Crippen LogP contribution is -2.36. The van der Waals surface area contributed by atoms with Crippen molar-refractivity contribution in [1.82, 2.24) is 14.6 Å². The van der Waals surface area contributed by atoms with E-state index >= 15 is 0 Å². The van der Waals surface area contributed by atoms with Crippen molar-refractivity contribution < 1.29 is 19.8 Å². The summed E-state index contributed by atoms with van der Waals surface area (Å²) in [6.45, 7) is 12.2. The molecule has 0 radical (unpaired) electrons. The maximum atomic E-state index is 13.0. The van der Waals surface area contributed by atoms with Crippen LogP contribution in [0.2, 0.25) is 0 Å². The van der Waals surface area contributed by atoms with Crippen LogP contribution in [0.5, 0.6) is 11.5 Å². The van der Waals surface area contributed by atoms with Gasteiger partial charge < -0.3 is 19.8 Å². The molecule has 1 aliphatic rings. The number of imide groups is 1. The molecule has 36 heavy (non-hydrogen) atoms. The fraction of sp³-hybridized carbons (Fsp3) is 0.286. The van der Waals surface area contributed by atoms with E-state index in [1.807, 2.05) is 27.7 Å². The number of aromatic nitrogens is 2. The molecular formula is C28H34N4O4. The van der Waals surface area contributed by atoms with E-state index in [0.29, 0.717) is 48.6 Å². The van der Waals surface area contributed by atoms with Crippen LogP contribution in [0.4, 0.5) is 0 Å². The highest BCUT2D eigenvalue weighted by atomic mass is 16.3. The van der Waals surface area contributed by atoms with Crippen LogP contribution in [0, 0.1) is 0 Å². The van der Waals surface area contributed by atoms with Gasteiger partial charge in [-0.05, 0) is 18.2 Å². The Morgan fingerprint density at radius 3 is 2.06 bits per heavy atom. The quantitative estimate of drug-likeness (QED) is 0.115. The van der Waals surface area contributed by atoms with Crippen molar-refractivity contribution in [2.45, 2.75) is 48.0 Å². The van der Waals surface area contributed by atoms with Crippen LogP contribution < -0.4 is 5.84 Å². The highest BCUT2D eigenvalue weighted by molar-refractivity contribution is 6.39. The number of rotatable bonds is 0. The average Bonchev–Trinajstić information content (AvgIpc) is 3.47. The van der Waals surface area contributed by atoms with E-state index in [-0.39, 0.29) is 22.6 Å². The normalized spacial score (nSPS) is 12.3. The number of aromatic amines is 1. The third-order valence-corrected chi connectivity index (χ3v) is 5.83. The summed E-state index contributed by atoms with van der Waals surface area (Å²) in [6, 6.07) is 9.86. The molecule has 3 heterocycles. The summed E-state index contributed by atoms with van der Waals surface area (Å²) in [5.41, 5.74) is 2.93. The third kappa shape index (κ3) is 3.65. The van der Waals surface area contributed by atoms with Gasteiger partial charge >= 0.3 is 0 Å². The fourth-order valence-electron chi connectivity index (χ4n) is 4.67. The van der Waals surface area contributed by atoms with Gasteiger partial charge in [0, 0.05) is 34.7 Å². The predicted octanol–water partition coefficient (Wildman–Crippen LogP) is 6.32. The Morgan fingerprint density at radius 1 is 0.861 bits per heavy atom. The number of hydrogen-bond donors (Lipinski definition) is 4. The molecule has 0 saturated heterocycles. The molecule has 0 fully saturated rings. The number of carbonyl (C=O) groups is 2. The summed E-state index contributed by atoms with van der Waals surface area (Å²) in [7, 11) is 1.79. The monoisotopic (exact) mass is 490 g/mol. The number of phenolic OH excluding ortho intramolecular Hbond substituents is 2. The standard InChI is InChI=1S/C21H14N4O4.C3H8.2C2H6/c1-24-18-10(3-2-4-12(18)27)14-16-15(20(28)25(22)21(16)29)13-9-6-5-8(26)7-11(9)23-17(13)19(14)24;1-3-2;2*1-2/h2-7,23,26-27H,22H2,1H3;3H2,1-2H3;2*1-2H3. The Hall–Kier alpha value is -4.04. The van der Waals surface area contributed by atoms with E-state index in [2.05, 4.69) is 18.8 Å². The molecular weight excluding hydrogens is 456 g/mol. The number of aromatic hydroxyl groups is 2. The molecule has 8 nitrogen and oxygen atoms in total. The molecule has 1 aliphatic heterocycles. The van der Waals surface area contributed by atoms with Gasteiger partial charge in [0.1, 0.15) is 11.5 Å². The minimum absolute atomic E-state index is 0.0678. The molecule has 0 atom stereocenters. The number of hydrazine groups is 1. The fourth-order valence-corrected chi connectivity index (χ4v) is 4.67. The maximum absolute atomic E-state index is 13.0. The summed E-state index contributed by atoms with van der Waals surface area (Å²) in [6.07, 6.45) is 1.25. The lowest BCUT2D eigenvalue weighted by molar-refractivity contribution is 0.0655. The Morgan fingerprint density at radius 2 is 1.44 bits per heavy atom. The first-order valence-corrected chi connectivity index (χ1v) is 12.4. The van der Waals surface area contributed by atoms with Crippen molar-refractivity contribution in [3.8, 4) is 11.5 Å². The van der Waals surface area contributed by atoms with Crippen LogP contribution in [0.3, 0.4) is 0 Å². The number of amides is 2. The zero-order valence-electron chi connectivity index (χ0n) is 21.9. The van der Waals surface area contributed by atoms with E-state index in [0.717, 1.165) is 0 Å². The first-order chi connectivity index (χ1) is 17.3. The second kappa shape index (κ2) is 10.3. The van der Waals surface area contributed by atoms with Gasteiger partial charge in [0.25, 0.3) is 11.8 Å². The minimum Gasteiger partial charge on any atom is -0.508 e. The first kappa shape index (κ1) is 26.6. The molecule has 6 rings (SSSR count). The number of para-hydroxylation sites is 1. The van der Waals surface area contributed by atoms with E-state index in [4.69, 9.17) is 5.84 Å². The van der Waals surface area contributed by atoms with Crippen molar-refractivity contribution in [1.29, 1.82) is 0 Å².